The molecule has 6 nitrogen and oxygen atoms in total. The minimum Gasteiger partial charge on any atom is -0.349 e. The van der Waals surface area contributed by atoms with Gasteiger partial charge in [0.15, 0.2) is 5.65 Å². The molecule has 2 aromatic carbocycles. The van der Waals surface area contributed by atoms with E-state index < -0.39 is 0 Å². The molecule has 0 unspecified atom stereocenters. The zero-order valence-corrected chi connectivity index (χ0v) is 16.4. The smallest absolute Gasteiger partial charge is 0.251 e. The Kier molecular flexibility index (Phi) is 4.12. The molecule has 2 heterocycles. The third kappa shape index (κ3) is 3.27. The molecule has 29 heavy (non-hydrogen) atoms. The summed E-state index contributed by atoms with van der Waals surface area (Å²) in [6.07, 6.45) is 5.45. The van der Waals surface area contributed by atoms with Crippen LogP contribution in [0.5, 0.6) is 0 Å². The standard InChI is InChI=1S/C23H21N5O/c1-14-3-6-16(7-4-14)20-21-22(25-12-24-20)28(13-26-21)19-11-17(8-5-15(19)2)23(29)27-18-9-10-18/h3-8,11-13,18H,9-10H2,1-2H3,(H,27,29). The average molecular weight is 383 g/mol. The first-order chi connectivity index (χ1) is 14.1. The fourth-order valence-corrected chi connectivity index (χ4v) is 3.44. The highest BCUT2D eigenvalue weighted by Crippen LogP contribution is 2.27. The lowest BCUT2D eigenvalue weighted by atomic mass is 10.1. The van der Waals surface area contributed by atoms with E-state index in [9.17, 15) is 4.79 Å². The number of hydrogen-bond acceptors (Lipinski definition) is 4. The van der Waals surface area contributed by atoms with E-state index in [1.807, 2.05) is 41.8 Å². The molecule has 6 heteroatoms. The van der Waals surface area contributed by atoms with Crippen LogP contribution in [-0.2, 0) is 0 Å². The van der Waals surface area contributed by atoms with Crippen LogP contribution in [0.1, 0.15) is 34.3 Å². The summed E-state index contributed by atoms with van der Waals surface area (Å²) >= 11 is 0. The van der Waals surface area contributed by atoms with Gasteiger partial charge in [-0.15, -0.1) is 0 Å². The topological polar surface area (TPSA) is 72.7 Å². The van der Waals surface area contributed by atoms with Crippen molar-refractivity contribution in [1.29, 1.82) is 0 Å². The first-order valence-electron chi connectivity index (χ1n) is 9.77. The Morgan fingerprint density at radius 1 is 1.03 bits per heavy atom. The minimum atomic E-state index is -0.0341. The number of imidazole rings is 1. The number of rotatable bonds is 4. The monoisotopic (exact) mass is 383 g/mol. The summed E-state index contributed by atoms with van der Waals surface area (Å²) in [5.74, 6) is -0.0341. The van der Waals surface area contributed by atoms with E-state index in [1.165, 1.54) is 5.56 Å². The molecule has 5 rings (SSSR count). The highest BCUT2D eigenvalue weighted by Gasteiger charge is 2.24. The number of hydrogen-bond donors (Lipinski definition) is 1. The van der Waals surface area contributed by atoms with E-state index in [0.29, 0.717) is 11.6 Å². The molecule has 1 amide bonds. The molecule has 0 saturated heterocycles. The van der Waals surface area contributed by atoms with Gasteiger partial charge >= 0.3 is 0 Å². The number of carbonyl (C=O) groups excluding carboxylic acids is 1. The molecule has 1 aliphatic carbocycles. The van der Waals surface area contributed by atoms with Gasteiger partial charge in [-0.25, -0.2) is 15.0 Å². The summed E-state index contributed by atoms with van der Waals surface area (Å²) in [6, 6.07) is 14.3. The number of aryl methyl sites for hydroxylation is 2. The van der Waals surface area contributed by atoms with Gasteiger partial charge in [0.2, 0.25) is 0 Å². The molecule has 144 valence electrons. The third-order valence-electron chi connectivity index (χ3n) is 5.30. The molecule has 0 aliphatic heterocycles. The van der Waals surface area contributed by atoms with E-state index in [2.05, 4.69) is 39.3 Å². The van der Waals surface area contributed by atoms with Crippen molar-refractivity contribution in [2.24, 2.45) is 0 Å². The van der Waals surface area contributed by atoms with Crippen LogP contribution in [-0.4, -0.2) is 31.5 Å². The maximum absolute atomic E-state index is 12.5. The van der Waals surface area contributed by atoms with Gasteiger partial charge in [-0.3, -0.25) is 9.36 Å². The largest absolute Gasteiger partial charge is 0.349 e. The molecular formula is C23H21N5O. The van der Waals surface area contributed by atoms with Crippen molar-refractivity contribution in [3.63, 3.8) is 0 Å². The molecule has 4 aromatic rings. The van der Waals surface area contributed by atoms with Crippen molar-refractivity contribution in [3.05, 3.63) is 71.8 Å². The van der Waals surface area contributed by atoms with E-state index >= 15 is 0 Å². The number of amides is 1. The van der Waals surface area contributed by atoms with Crippen LogP contribution in [0.4, 0.5) is 0 Å². The number of aromatic nitrogens is 4. The summed E-state index contributed by atoms with van der Waals surface area (Å²) in [4.78, 5) is 26.1. The summed E-state index contributed by atoms with van der Waals surface area (Å²) < 4.78 is 1.93. The second kappa shape index (κ2) is 6.81. The molecule has 1 aliphatic rings. The van der Waals surface area contributed by atoms with Crippen LogP contribution >= 0.6 is 0 Å². The Morgan fingerprint density at radius 3 is 2.59 bits per heavy atom. The predicted octanol–water partition coefficient (Wildman–Crippen LogP) is 3.99. The van der Waals surface area contributed by atoms with Crippen molar-refractivity contribution in [2.75, 3.05) is 0 Å². The van der Waals surface area contributed by atoms with Crippen LogP contribution in [0.3, 0.4) is 0 Å². The molecule has 1 fully saturated rings. The maximum atomic E-state index is 12.5. The fraction of sp³-hybridized carbons (Fsp3) is 0.217. The number of fused-ring (bicyclic) bond motifs is 1. The Bertz CT molecular complexity index is 1220. The molecule has 1 saturated carbocycles. The van der Waals surface area contributed by atoms with Crippen LogP contribution in [0.15, 0.2) is 55.1 Å². The van der Waals surface area contributed by atoms with Crippen molar-refractivity contribution in [3.8, 4) is 16.9 Å². The van der Waals surface area contributed by atoms with Crippen molar-refractivity contribution in [1.82, 2.24) is 24.8 Å². The van der Waals surface area contributed by atoms with Gasteiger partial charge in [0.1, 0.15) is 23.9 Å². The summed E-state index contributed by atoms with van der Waals surface area (Å²) in [6.45, 7) is 4.08. The number of nitrogens with zero attached hydrogens (tertiary/aromatic N) is 4. The quantitative estimate of drug-likeness (QED) is 0.578. The van der Waals surface area contributed by atoms with E-state index in [0.717, 1.165) is 46.5 Å². The zero-order valence-electron chi connectivity index (χ0n) is 16.4. The number of carbonyl (C=O) groups is 1. The Hall–Kier alpha value is -3.54. The van der Waals surface area contributed by atoms with E-state index in [4.69, 9.17) is 0 Å². The molecule has 1 N–H and O–H groups in total. The summed E-state index contributed by atoms with van der Waals surface area (Å²) in [7, 11) is 0. The minimum absolute atomic E-state index is 0.0341. The SMILES string of the molecule is Cc1ccc(-c2ncnc3c2ncn3-c2cc(C(=O)NC3CC3)ccc2C)cc1. The van der Waals surface area contributed by atoms with Gasteiger partial charge in [-0.1, -0.05) is 35.9 Å². The highest BCUT2D eigenvalue weighted by molar-refractivity contribution is 5.95. The Morgan fingerprint density at radius 2 is 1.83 bits per heavy atom. The predicted molar refractivity (Wildman–Crippen MR) is 112 cm³/mol. The van der Waals surface area contributed by atoms with Gasteiger partial charge < -0.3 is 5.32 Å². The summed E-state index contributed by atoms with van der Waals surface area (Å²) in [5.41, 5.74) is 7.04. The van der Waals surface area contributed by atoms with Crippen LogP contribution in [0, 0.1) is 13.8 Å². The highest BCUT2D eigenvalue weighted by atomic mass is 16.1. The Labute approximate surface area is 168 Å². The molecule has 0 spiro atoms. The molecule has 0 radical (unpaired) electrons. The van der Waals surface area contributed by atoms with Crippen LogP contribution in [0.2, 0.25) is 0 Å². The third-order valence-corrected chi connectivity index (χ3v) is 5.30. The molecule has 0 bridgehead atoms. The van der Waals surface area contributed by atoms with Crippen molar-refractivity contribution < 1.29 is 4.79 Å². The lowest BCUT2D eigenvalue weighted by molar-refractivity contribution is 0.0951. The van der Waals surface area contributed by atoms with Gasteiger partial charge in [-0.2, -0.15) is 0 Å². The molecule has 0 atom stereocenters. The first kappa shape index (κ1) is 17.6. The lowest BCUT2D eigenvalue weighted by Gasteiger charge is -2.11. The normalized spacial score (nSPS) is 13.6. The van der Waals surface area contributed by atoms with Gasteiger partial charge in [0.25, 0.3) is 5.91 Å². The average Bonchev–Trinajstić information content (AvgIpc) is 3.44. The van der Waals surface area contributed by atoms with E-state index in [1.54, 1.807) is 12.7 Å². The van der Waals surface area contributed by atoms with Gasteiger partial charge in [0.05, 0.1) is 5.69 Å². The van der Waals surface area contributed by atoms with Gasteiger partial charge in [0, 0.05) is 17.2 Å². The second-order valence-corrected chi connectivity index (χ2v) is 7.62. The second-order valence-electron chi connectivity index (χ2n) is 7.62. The fourth-order valence-electron chi connectivity index (χ4n) is 3.44. The number of nitrogens with one attached hydrogen (secondary N) is 1. The number of benzene rings is 2. The maximum Gasteiger partial charge on any atom is 0.251 e. The lowest BCUT2D eigenvalue weighted by Crippen LogP contribution is -2.25. The zero-order chi connectivity index (χ0) is 20.0. The van der Waals surface area contributed by atoms with Crippen molar-refractivity contribution >= 4 is 17.1 Å². The Balaban J connectivity index is 1.60. The molecule has 2 aromatic heterocycles. The van der Waals surface area contributed by atoms with Crippen molar-refractivity contribution in [2.45, 2.75) is 32.7 Å². The van der Waals surface area contributed by atoms with Crippen LogP contribution < -0.4 is 5.32 Å². The van der Waals surface area contributed by atoms with Crippen LogP contribution in [0.25, 0.3) is 28.1 Å². The van der Waals surface area contributed by atoms with E-state index in [-0.39, 0.29) is 5.91 Å². The summed E-state index contributed by atoms with van der Waals surface area (Å²) in [5, 5.41) is 3.04. The van der Waals surface area contributed by atoms with Gasteiger partial charge in [-0.05, 0) is 44.4 Å². The first-order valence-corrected chi connectivity index (χ1v) is 9.77. The molecular weight excluding hydrogens is 362 g/mol.